The van der Waals surface area contributed by atoms with E-state index in [1.807, 2.05) is 13.2 Å². The SMILES string of the molecule is Cn1cc(-c2nnn(C)n2)cn1. The van der Waals surface area contributed by atoms with Gasteiger partial charge in [-0.05, 0) is 5.21 Å². The maximum atomic E-state index is 4.04. The summed E-state index contributed by atoms with van der Waals surface area (Å²) in [5.41, 5.74) is 0.880. The summed E-state index contributed by atoms with van der Waals surface area (Å²) in [4.78, 5) is 1.42. The summed E-state index contributed by atoms with van der Waals surface area (Å²) in [5.74, 6) is 0.602. The molecule has 0 fully saturated rings. The molecule has 2 heterocycles. The lowest BCUT2D eigenvalue weighted by Gasteiger charge is -1.83. The molecule has 0 radical (unpaired) electrons. The summed E-state index contributed by atoms with van der Waals surface area (Å²) in [6.07, 6.45) is 3.55. The molecular weight excluding hydrogens is 156 g/mol. The first-order valence-electron chi connectivity index (χ1n) is 3.49. The van der Waals surface area contributed by atoms with Gasteiger partial charge in [-0.2, -0.15) is 9.90 Å². The first kappa shape index (κ1) is 6.96. The number of hydrogen-bond donors (Lipinski definition) is 0. The average Bonchev–Trinajstić information content (AvgIpc) is 2.58. The Morgan fingerprint density at radius 3 is 2.67 bits per heavy atom. The van der Waals surface area contributed by atoms with E-state index in [1.165, 1.54) is 4.80 Å². The van der Waals surface area contributed by atoms with Gasteiger partial charge in [-0.3, -0.25) is 4.68 Å². The smallest absolute Gasteiger partial charge is 0.208 e. The van der Waals surface area contributed by atoms with E-state index in [4.69, 9.17) is 0 Å². The van der Waals surface area contributed by atoms with Crippen molar-refractivity contribution in [2.24, 2.45) is 14.1 Å². The molecule has 0 unspecified atom stereocenters. The molecule has 12 heavy (non-hydrogen) atoms. The van der Waals surface area contributed by atoms with Crippen LogP contribution >= 0.6 is 0 Å². The van der Waals surface area contributed by atoms with Gasteiger partial charge in [-0.1, -0.05) is 0 Å². The van der Waals surface area contributed by atoms with E-state index in [0.717, 1.165) is 5.56 Å². The van der Waals surface area contributed by atoms with Crippen LogP contribution in [0.25, 0.3) is 11.4 Å². The van der Waals surface area contributed by atoms with Crippen molar-refractivity contribution >= 4 is 0 Å². The summed E-state index contributed by atoms with van der Waals surface area (Å²) < 4.78 is 1.70. The Kier molecular flexibility index (Phi) is 1.39. The van der Waals surface area contributed by atoms with E-state index < -0.39 is 0 Å². The monoisotopic (exact) mass is 164 g/mol. The second kappa shape index (κ2) is 2.40. The van der Waals surface area contributed by atoms with E-state index in [-0.39, 0.29) is 0 Å². The molecule has 2 aromatic rings. The van der Waals surface area contributed by atoms with Gasteiger partial charge in [0.25, 0.3) is 0 Å². The third kappa shape index (κ3) is 1.07. The molecular formula is C6H8N6. The number of nitrogens with zero attached hydrogens (tertiary/aromatic N) is 6. The van der Waals surface area contributed by atoms with Gasteiger partial charge in [0.2, 0.25) is 5.82 Å². The van der Waals surface area contributed by atoms with Crippen LogP contribution in [0.3, 0.4) is 0 Å². The van der Waals surface area contributed by atoms with Crippen molar-refractivity contribution < 1.29 is 0 Å². The Balaban J connectivity index is 2.43. The maximum absolute atomic E-state index is 4.04. The summed E-state index contributed by atoms with van der Waals surface area (Å²) in [5, 5.41) is 15.6. The van der Waals surface area contributed by atoms with Gasteiger partial charge in [0.05, 0.1) is 18.8 Å². The van der Waals surface area contributed by atoms with Gasteiger partial charge < -0.3 is 0 Å². The van der Waals surface area contributed by atoms with Crippen molar-refractivity contribution in [3.63, 3.8) is 0 Å². The van der Waals surface area contributed by atoms with Crippen molar-refractivity contribution in [1.82, 2.24) is 30.0 Å². The minimum absolute atomic E-state index is 0.602. The first-order valence-corrected chi connectivity index (χ1v) is 3.49. The van der Waals surface area contributed by atoms with Crippen LogP contribution in [0, 0.1) is 0 Å². The minimum atomic E-state index is 0.602. The van der Waals surface area contributed by atoms with Crippen molar-refractivity contribution in [3.8, 4) is 11.4 Å². The zero-order valence-electron chi connectivity index (χ0n) is 6.84. The van der Waals surface area contributed by atoms with E-state index in [1.54, 1.807) is 17.9 Å². The Labute approximate surface area is 68.8 Å². The molecule has 0 bridgehead atoms. The molecule has 0 aliphatic heterocycles. The van der Waals surface area contributed by atoms with Crippen LogP contribution < -0.4 is 0 Å². The largest absolute Gasteiger partial charge is 0.275 e. The standard InChI is InChI=1S/C6H8N6/c1-11-4-5(3-7-11)6-8-10-12(2)9-6/h3-4H,1-2H3. The van der Waals surface area contributed by atoms with Crippen molar-refractivity contribution in [2.75, 3.05) is 0 Å². The molecule has 0 atom stereocenters. The summed E-state index contributed by atoms with van der Waals surface area (Å²) in [6, 6.07) is 0. The number of rotatable bonds is 1. The minimum Gasteiger partial charge on any atom is -0.275 e. The number of tetrazole rings is 1. The Morgan fingerprint density at radius 1 is 1.33 bits per heavy atom. The van der Waals surface area contributed by atoms with Crippen LogP contribution in [-0.2, 0) is 14.1 Å². The van der Waals surface area contributed by atoms with Gasteiger partial charge in [0.1, 0.15) is 0 Å². The lowest BCUT2D eigenvalue weighted by atomic mass is 10.3. The molecule has 0 amide bonds. The third-order valence-electron chi connectivity index (χ3n) is 1.47. The first-order chi connectivity index (χ1) is 5.75. The fourth-order valence-corrected chi connectivity index (χ4v) is 0.936. The summed E-state index contributed by atoms with van der Waals surface area (Å²) in [6.45, 7) is 0. The molecule has 0 aliphatic carbocycles. The molecule has 0 spiro atoms. The van der Waals surface area contributed by atoms with Crippen LogP contribution in [0.2, 0.25) is 0 Å². The quantitative estimate of drug-likeness (QED) is 0.576. The lowest BCUT2D eigenvalue weighted by molar-refractivity contribution is 0.630. The van der Waals surface area contributed by atoms with Crippen LogP contribution in [-0.4, -0.2) is 30.0 Å². The fraction of sp³-hybridized carbons (Fsp3) is 0.333. The zero-order valence-corrected chi connectivity index (χ0v) is 6.84. The maximum Gasteiger partial charge on any atom is 0.208 e. The number of aromatic nitrogens is 6. The average molecular weight is 164 g/mol. The third-order valence-corrected chi connectivity index (χ3v) is 1.47. The molecule has 0 saturated heterocycles. The van der Waals surface area contributed by atoms with Crippen molar-refractivity contribution in [2.45, 2.75) is 0 Å². The van der Waals surface area contributed by atoms with E-state index in [0.29, 0.717) is 5.82 Å². The Bertz CT molecular complexity index is 348. The second-order valence-corrected chi connectivity index (χ2v) is 2.51. The van der Waals surface area contributed by atoms with Crippen molar-refractivity contribution in [3.05, 3.63) is 12.4 Å². The molecule has 62 valence electrons. The lowest BCUT2D eigenvalue weighted by Crippen LogP contribution is -1.91. The molecule has 6 nitrogen and oxygen atoms in total. The molecule has 0 saturated carbocycles. The Hall–Kier alpha value is -1.72. The topological polar surface area (TPSA) is 61.4 Å². The van der Waals surface area contributed by atoms with Crippen LogP contribution in [0.4, 0.5) is 0 Å². The predicted octanol–water partition coefficient (Wildman–Crippen LogP) is -0.389. The molecule has 0 N–H and O–H groups in total. The molecule has 6 heteroatoms. The normalized spacial score (nSPS) is 10.5. The van der Waals surface area contributed by atoms with Gasteiger partial charge in [-0.15, -0.1) is 10.2 Å². The van der Waals surface area contributed by atoms with E-state index in [2.05, 4.69) is 20.5 Å². The zero-order chi connectivity index (χ0) is 8.55. The molecule has 0 aliphatic rings. The number of aryl methyl sites for hydroxylation is 2. The highest BCUT2D eigenvalue weighted by Gasteiger charge is 2.04. The van der Waals surface area contributed by atoms with E-state index >= 15 is 0 Å². The van der Waals surface area contributed by atoms with Gasteiger partial charge in [0.15, 0.2) is 0 Å². The highest BCUT2D eigenvalue weighted by atomic mass is 15.6. The molecule has 2 rings (SSSR count). The Morgan fingerprint density at radius 2 is 2.17 bits per heavy atom. The summed E-state index contributed by atoms with van der Waals surface area (Å²) in [7, 11) is 3.58. The highest BCUT2D eigenvalue weighted by Crippen LogP contribution is 2.09. The van der Waals surface area contributed by atoms with Crippen LogP contribution in [0.5, 0.6) is 0 Å². The van der Waals surface area contributed by atoms with Crippen molar-refractivity contribution in [1.29, 1.82) is 0 Å². The highest BCUT2D eigenvalue weighted by molar-refractivity contribution is 5.50. The second-order valence-electron chi connectivity index (χ2n) is 2.51. The fourth-order valence-electron chi connectivity index (χ4n) is 0.936. The van der Waals surface area contributed by atoms with Crippen LogP contribution in [0.1, 0.15) is 0 Å². The predicted molar refractivity (Wildman–Crippen MR) is 41.0 cm³/mol. The van der Waals surface area contributed by atoms with Gasteiger partial charge in [-0.25, -0.2) is 0 Å². The van der Waals surface area contributed by atoms with Crippen LogP contribution in [0.15, 0.2) is 12.4 Å². The van der Waals surface area contributed by atoms with E-state index in [9.17, 15) is 0 Å². The molecule has 0 aromatic carbocycles. The number of hydrogen-bond acceptors (Lipinski definition) is 4. The summed E-state index contributed by atoms with van der Waals surface area (Å²) >= 11 is 0. The molecule has 2 aromatic heterocycles. The van der Waals surface area contributed by atoms with Gasteiger partial charge >= 0.3 is 0 Å². The van der Waals surface area contributed by atoms with Gasteiger partial charge in [0, 0.05) is 13.2 Å².